The fourth-order valence-corrected chi connectivity index (χ4v) is 2.48. The van der Waals surface area contributed by atoms with Gasteiger partial charge < -0.3 is 9.52 Å². The highest BCUT2D eigenvalue weighted by molar-refractivity contribution is 9.10. The molecule has 0 saturated carbocycles. The third-order valence-electron chi connectivity index (χ3n) is 2.67. The van der Waals surface area contributed by atoms with Crippen molar-refractivity contribution in [3.8, 4) is 0 Å². The quantitative estimate of drug-likeness (QED) is 0.891. The molecule has 2 N–H and O–H groups in total. The lowest BCUT2D eigenvalue weighted by atomic mass is 10.0. The average Bonchev–Trinajstić information content (AvgIpc) is 2.97. The van der Waals surface area contributed by atoms with Crippen LogP contribution in [-0.4, -0.2) is 11.7 Å². The van der Waals surface area contributed by atoms with E-state index < -0.39 is 5.54 Å². The first-order valence-electron chi connectivity index (χ1n) is 5.28. The summed E-state index contributed by atoms with van der Waals surface area (Å²) in [4.78, 5) is 1.23. The maximum atomic E-state index is 9.54. The molecule has 2 rings (SSSR count). The minimum absolute atomic E-state index is 0.0155. The zero-order valence-corrected chi connectivity index (χ0v) is 11.8. The third kappa shape index (κ3) is 2.98. The van der Waals surface area contributed by atoms with E-state index in [1.807, 2.05) is 30.5 Å². The van der Waals surface area contributed by atoms with Crippen LogP contribution in [0.15, 0.2) is 38.7 Å². The van der Waals surface area contributed by atoms with Gasteiger partial charge >= 0.3 is 0 Å². The van der Waals surface area contributed by atoms with E-state index in [2.05, 4.69) is 27.3 Å². The molecule has 0 amide bonds. The molecule has 5 heteroatoms. The van der Waals surface area contributed by atoms with Gasteiger partial charge in [-0.25, -0.2) is 0 Å². The number of halogens is 1. The summed E-state index contributed by atoms with van der Waals surface area (Å²) in [6.45, 7) is 2.62. The van der Waals surface area contributed by atoms with Gasteiger partial charge in [-0.2, -0.15) is 0 Å². The van der Waals surface area contributed by atoms with E-state index in [1.165, 1.54) is 4.88 Å². The molecular weight excluding hydrogens is 302 g/mol. The number of furan rings is 1. The van der Waals surface area contributed by atoms with Gasteiger partial charge in [-0.15, -0.1) is 11.3 Å². The monoisotopic (exact) mass is 315 g/mol. The first kappa shape index (κ1) is 12.8. The van der Waals surface area contributed by atoms with E-state index in [9.17, 15) is 5.11 Å². The summed E-state index contributed by atoms with van der Waals surface area (Å²) in [6, 6.07) is 7.77. The van der Waals surface area contributed by atoms with Crippen molar-refractivity contribution in [2.45, 2.75) is 19.0 Å². The fourth-order valence-electron chi connectivity index (χ4n) is 1.53. The molecule has 0 saturated heterocycles. The second kappa shape index (κ2) is 5.35. The van der Waals surface area contributed by atoms with Gasteiger partial charge in [0, 0.05) is 11.4 Å². The molecule has 2 aromatic rings. The summed E-state index contributed by atoms with van der Waals surface area (Å²) in [5.74, 6) is 0.725. The first-order valence-corrected chi connectivity index (χ1v) is 6.95. The largest absolute Gasteiger partial charge is 0.452 e. The van der Waals surface area contributed by atoms with Gasteiger partial charge in [0.25, 0.3) is 0 Å². The second-order valence-electron chi connectivity index (χ2n) is 4.03. The van der Waals surface area contributed by atoms with Crippen LogP contribution in [0.2, 0.25) is 0 Å². The summed E-state index contributed by atoms with van der Waals surface area (Å²) < 4.78 is 6.18. The Hall–Kier alpha value is -0.620. The van der Waals surface area contributed by atoms with Crippen LogP contribution in [0.3, 0.4) is 0 Å². The van der Waals surface area contributed by atoms with E-state index in [1.54, 1.807) is 11.3 Å². The highest BCUT2D eigenvalue weighted by Gasteiger charge is 2.28. The molecular formula is C12H14BrNO2S. The van der Waals surface area contributed by atoms with Crippen molar-refractivity contribution in [2.24, 2.45) is 0 Å². The van der Waals surface area contributed by atoms with Gasteiger partial charge in [-0.1, -0.05) is 6.07 Å². The molecule has 0 bridgehead atoms. The summed E-state index contributed by atoms with van der Waals surface area (Å²) in [5, 5.41) is 14.9. The predicted molar refractivity (Wildman–Crippen MR) is 72.0 cm³/mol. The normalized spacial score (nSPS) is 14.8. The minimum Gasteiger partial charge on any atom is -0.452 e. The number of aliphatic hydroxyl groups excluding tert-OH is 1. The van der Waals surface area contributed by atoms with Crippen molar-refractivity contribution in [1.82, 2.24) is 5.32 Å². The molecule has 0 aliphatic heterocycles. The van der Waals surface area contributed by atoms with Crippen LogP contribution >= 0.6 is 27.3 Å². The molecule has 1 unspecified atom stereocenters. The van der Waals surface area contributed by atoms with Crippen LogP contribution in [0.25, 0.3) is 0 Å². The number of nitrogens with one attached hydrogen (secondary N) is 1. The fraction of sp³-hybridized carbons (Fsp3) is 0.333. The molecule has 0 aliphatic carbocycles. The zero-order chi connectivity index (χ0) is 12.3. The van der Waals surface area contributed by atoms with E-state index in [0.29, 0.717) is 11.2 Å². The lowest BCUT2D eigenvalue weighted by molar-refractivity contribution is 0.150. The molecule has 0 aromatic carbocycles. The van der Waals surface area contributed by atoms with E-state index in [-0.39, 0.29) is 6.61 Å². The first-order chi connectivity index (χ1) is 8.14. The highest BCUT2D eigenvalue weighted by atomic mass is 79.9. The Kier molecular flexibility index (Phi) is 4.04. The predicted octanol–water partition coefficient (Wildman–Crippen LogP) is 3.10. The van der Waals surface area contributed by atoms with Crippen LogP contribution in [0.4, 0.5) is 0 Å². The zero-order valence-electron chi connectivity index (χ0n) is 9.44. The van der Waals surface area contributed by atoms with Crippen molar-refractivity contribution < 1.29 is 9.52 Å². The Morgan fingerprint density at radius 3 is 2.82 bits per heavy atom. The Labute approximate surface area is 113 Å². The summed E-state index contributed by atoms with van der Waals surface area (Å²) in [7, 11) is 0. The minimum atomic E-state index is -0.560. The van der Waals surface area contributed by atoms with Crippen LogP contribution in [0.1, 0.15) is 17.6 Å². The highest BCUT2D eigenvalue weighted by Crippen LogP contribution is 2.26. The van der Waals surface area contributed by atoms with Gasteiger partial charge in [0.1, 0.15) is 5.76 Å². The Balaban J connectivity index is 2.09. The Morgan fingerprint density at radius 2 is 2.29 bits per heavy atom. The molecule has 0 spiro atoms. The molecule has 0 radical (unpaired) electrons. The van der Waals surface area contributed by atoms with Gasteiger partial charge in [-0.3, -0.25) is 5.32 Å². The van der Waals surface area contributed by atoms with E-state index in [4.69, 9.17) is 4.42 Å². The maximum Gasteiger partial charge on any atom is 0.169 e. The molecule has 3 nitrogen and oxygen atoms in total. The maximum absolute atomic E-state index is 9.54. The van der Waals surface area contributed by atoms with Crippen LogP contribution in [0, 0.1) is 0 Å². The van der Waals surface area contributed by atoms with Crippen molar-refractivity contribution in [2.75, 3.05) is 6.61 Å². The van der Waals surface area contributed by atoms with Gasteiger partial charge in [0.05, 0.1) is 12.1 Å². The topological polar surface area (TPSA) is 45.4 Å². The number of thiophene rings is 1. The SMILES string of the molecule is CC(CO)(NCc1cccs1)c1ccc(Br)o1. The summed E-state index contributed by atoms with van der Waals surface area (Å²) in [6.07, 6.45) is 0. The summed E-state index contributed by atoms with van der Waals surface area (Å²) >= 11 is 4.96. The van der Waals surface area contributed by atoms with Crippen LogP contribution < -0.4 is 5.32 Å². The smallest absolute Gasteiger partial charge is 0.169 e. The average molecular weight is 316 g/mol. The number of aliphatic hydroxyl groups is 1. The summed E-state index contributed by atoms with van der Waals surface area (Å²) in [5.41, 5.74) is -0.560. The van der Waals surface area contributed by atoms with Crippen molar-refractivity contribution in [3.05, 3.63) is 45.0 Å². The number of rotatable bonds is 5. The van der Waals surface area contributed by atoms with E-state index >= 15 is 0 Å². The lowest BCUT2D eigenvalue weighted by Crippen LogP contribution is -2.42. The van der Waals surface area contributed by atoms with Crippen molar-refractivity contribution >= 4 is 27.3 Å². The Bertz CT molecular complexity index is 469. The van der Waals surface area contributed by atoms with Gasteiger partial charge in [0.2, 0.25) is 0 Å². The van der Waals surface area contributed by atoms with Crippen LogP contribution in [-0.2, 0) is 12.1 Å². The second-order valence-corrected chi connectivity index (χ2v) is 5.84. The van der Waals surface area contributed by atoms with Crippen molar-refractivity contribution in [1.29, 1.82) is 0 Å². The molecule has 2 heterocycles. The van der Waals surface area contributed by atoms with Gasteiger partial charge in [-0.05, 0) is 46.4 Å². The molecule has 17 heavy (non-hydrogen) atoms. The standard InChI is InChI=1S/C12H14BrNO2S/c1-12(8-15,10-4-5-11(13)16-10)14-7-9-3-2-6-17-9/h2-6,14-15H,7-8H2,1H3. The Morgan fingerprint density at radius 1 is 1.47 bits per heavy atom. The molecule has 92 valence electrons. The molecule has 2 aromatic heterocycles. The molecule has 1 atom stereocenters. The third-order valence-corrected chi connectivity index (χ3v) is 3.97. The number of hydrogen-bond acceptors (Lipinski definition) is 4. The molecule has 0 aliphatic rings. The lowest BCUT2D eigenvalue weighted by Gasteiger charge is -2.26. The number of hydrogen-bond donors (Lipinski definition) is 2. The molecule has 0 fully saturated rings. The van der Waals surface area contributed by atoms with E-state index in [0.717, 1.165) is 5.76 Å². The van der Waals surface area contributed by atoms with Gasteiger partial charge in [0.15, 0.2) is 4.67 Å². The van der Waals surface area contributed by atoms with Crippen molar-refractivity contribution in [3.63, 3.8) is 0 Å². The van der Waals surface area contributed by atoms with Crippen LogP contribution in [0.5, 0.6) is 0 Å².